The van der Waals surface area contributed by atoms with Crippen LogP contribution in [0, 0.1) is 0 Å². The molecule has 0 radical (unpaired) electrons. The summed E-state index contributed by atoms with van der Waals surface area (Å²) < 4.78 is 15.0. The Balaban J connectivity index is 2.25. The van der Waals surface area contributed by atoms with E-state index >= 15 is 0 Å². The Morgan fingerprint density at radius 1 is 0.938 bits per heavy atom. The van der Waals surface area contributed by atoms with Gasteiger partial charge in [0.2, 0.25) is 0 Å². The second kappa shape index (κ2) is 5.55. The average molecular weight is 230 g/mol. The van der Waals surface area contributed by atoms with Crippen LogP contribution in [0.5, 0.6) is 0 Å². The molecule has 0 aliphatic rings. The van der Waals surface area contributed by atoms with Gasteiger partial charge >= 0.3 is 8.69 Å². The van der Waals surface area contributed by atoms with Crippen LogP contribution in [0.3, 0.4) is 0 Å². The number of hydrogen-bond acceptors (Lipinski definition) is 2. The van der Waals surface area contributed by atoms with Gasteiger partial charge in [0.25, 0.3) is 0 Å². The van der Waals surface area contributed by atoms with E-state index in [1.165, 1.54) is 5.56 Å². The summed E-state index contributed by atoms with van der Waals surface area (Å²) in [4.78, 5) is 0. The first-order chi connectivity index (χ1) is 7.90. The van der Waals surface area contributed by atoms with Gasteiger partial charge in [-0.1, -0.05) is 48.5 Å². The van der Waals surface area contributed by atoms with Gasteiger partial charge in [-0.05, 0) is 22.8 Å². The van der Waals surface area contributed by atoms with Crippen molar-refractivity contribution in [2.24, 2.45) is 0 Å². The lowest BCUT2D eigenvalue weighted by molar-refractivity contribution is 0.332. The van der Waals surface area contributed by atoms with Gasteiger partial charge in [-0.15, -0.1) is 0 Å². The molecule has 2 aromatic carbocycles. The van der Waals surface area contributed by atoms with Crippen molar-refractivity contribution >= 4 is 8.69 Å². The highest BCUT2D eigenvalue weighted by Gasteiger charge is 1.98. The minimum absolute atomic E-state index is 0.278. The molecule has 2 nitrogen and oxygen atoms in total. The zero-order valence-corrected chi connectivity index (χ0v) is 9.56. The zero-order valence-electron chi connectivity index (χ0n) is 8.67. The number of hydrogen-bond donors (Lipinski definition) is 0. The smallest absolute Gasteiger partial charge is 0.290 e. The van der Waals surface area contributed by atoms with E-state index in [0.29, 0.717) is 6.61 Å². The van der Waals surface area contributed by atoms with E-state index in [2.05, 4.69) is 12.1 Å². The maximum atomic E-state index is 10.2. The molecule has 0 amide bonds. The Hall–Kier alpha value is -1.50. The summed E-state index contributed by atoms with van der Waals surface area (Å²) in [5.74, 6) is 0. The second-order valence-electron chi connectivity index (χ2n) is 3.41. The molecule has 0 saturated carbocycles. The summed E-state index contributed by atoms with van der Waals surface area (Å²) >= 11 is 0. The van der Waals surface area contributed by atoms with Gasteiger partial charge in [0.05, 0.1) is 6.61 Å². The van der Waals surface area contributed by atoms with Crippen LogP contribution in [0.25, 0.3) is 11.1 Å². The quantitative estimate of drug-likeness (QED) is 0.740. The molecular formula is C13H11O2P. The molecule has 3 heteroatoms. The van der Waals surface area contributed by atoms with E-state index < -0.39 is 0 Å². The van der Waals surface area contributed by atoms with Crippen molar-refractivity contribution in [1.82, 2.24) is 0 Å². The highest BCUT2D eigenvalue weighted by Crippen LogP contribution is 2.20. The average Bonchev–Trinajstić information content (AvgIpc) is 2.38. The maximum Gasteiger partial charge on any atom is 0.327 e. The van der Waals surface area contributed by atoms with E-state index in [9.17, 15) is 4.57 Å². The molecule has 80 valence electrons. The van der Waals surface area contributed by atoms with E-state index in [4.69, 9.17) is 4.52 Å². The molecule has 2 rings (SSSR count). The van der Waals surface area contributed by atoms with Crippen LogP contribution in [0.15, 0.2) is 54.6 Å². The SMILES string of the molecule is O=POCc1cccc(-c2ccccc2)c1. The van der Waals surface area contributed by atoms with Crippen LogP contribution in [0.1, 0.15) is 5.56 Å². The van der Waals surface area contributed by atoms with Crippen molar-refractivity contribution in [2.45, 2.75) is 6.61 Å². The molecule has 0 saturated heterocycles. The van der Waals surface area contributed by atoms with E-state index in [-0.39, 0.29) is 8.69 Å². The lowest BCUT2D eigenvalue weighted by Crippen LogP contribution is -1.85. The van der Waals surface area contributed by atoms with Crippen LogP contribution in [-0.2, 0) is 15.7 Å². The van der Waals surface area contributed by atoms with Gasteiger partial charge in [-0.2, -0.15) is 0 Å². The molecule has 16 heavy (non-hydrogen) atoms. The van der Waals surface area contributed by atoms with Gasteiger partial charge in [0.15, 0.2) is 0 Å². The Morgan fingerprint density at radius 3 is 2.44 bits per heavy atom. The van der Waals surface area contributed by atoms with Gasteiger partial charge in [0.1, 0.15) is 0 Å². The third kappa shape index (κ3) is 2.75. The second-order valence-corrected chi connectivity index (χ2v) is 3.82. The predicted octanol–water partition coefficient (Wildman–Crippen LogP) is 4.08. The first-order valence-electron chi connectivity index (χ1n) is 4.99. The summed E-state index contributed by atoms with van der Waals surface area (Å²) in [6.07, 6.45) is 0. The molecule has 0 unspecified atom stereocenters. The van der Waals surface area contributed by atoms with Crippen LogP contribution in [0.2, 0.25) is 0 Å². The molecule has 0 N–H and O–H groups in total. The van der Waals surface area contributed by atoms with Crippen molar-refractivity contribution in [3.8, 4) is 11.1 Å². The van der Waals surface area contributed by atoms with Gasteiger partial charge in [-0.3, -0.25) is 4.52 Å². The van der Waals surface area contributed by atoms with E-state index in [1.807, 2.05) is 42.5 Å². The Labute approximate surface area is 96.2 Å². The van der Waals surface area contributed by atoms with Crippen molar-refractivity contribution < 1.29 is 9.09 Å². The highest BCUT2D eigenvalue weighted by atomic mass is 31.1. The van der Waals surface area contributed by atoms with Gasteiger partial charge < -0.3 is 0 Å². The third-order valence-electron chi connectivity index (χ3n) is 2.32. The minimum atomic E-state index is -0.278. The lowest BCUT2D eigenvalue weighted by atomic mass is 10.0. The Kier molecular flexibility index (Phi) is 3.81. The van der Waals surface area contributed by atoms with Gasteiger partial charge in [-0.25, -0.2) is 4.57 Å². The summed E-state index contributed by atoms with van der Waals surface area (Å²) in [6, 6.07) is 18.2. The molecule has 0 fully saturated rings. The Bertz CT molecular complexity index is 468. The molecular weight excluding hydrogens is 219 g/mol. The van der Waals surface area contributed by atoms with Crippen LogP contribution in [0.4, 0.5) is 0 Å². The molecule has 2 aromatic rings. The molecule has 0 spiro atoms. The van der Waals surface area contributed by atoms with Gasteiger partial charge in [0, 0.05) is 0 Å². The molecule has 0 bridgehead atoms. The molecule has 0 aliphatic carbocycles. The fourth-order valence-electron chi connectivity index (χ4n) is 1.57. The van der Waals surface area contributed by atoms with E-state index in [0.717, 1.165) is 11.1 Å². The first-order valence-corrected chi connectivity index (χ1v) is 5.72. The third-order valence-corrected chi connectivity index (χ3v) is 2.55. The lowest BCUT2D eigenvalue weighted by Gasteiger charge is -2.03. The predicted molar refractivity (Wildman–Crippen MR) is 64.3 cm³/mol. The van der Waals surface area contributed by atoms with Crippen molar-refractivity contribution in [3.05, 3.63) is 60.2 Å². The van der Waals surface area contributed by atoms with Crippen molar-refractivity contribution in [2.75, 3.05) is 0 Å². The van der Waals surface area contributed by atoms with Crippen molar-refractivity contribution in [3.63, 3.8) is 0 Å². The monoisotopic (exact) mass is 230 g/mol. The summed E-state index contributed by atoms with van der Waals surface area (Å²) in [5, 5.41) is 0. The highest BCUT2D eigenvalue weighted by molar-refractivity contribution is 7.17. The minimum Gasteiger partial charge on any atom is -0.290 e. The Morgan fingerprint density at radius 2 is 1.69 bits per heavy atom. The fourth-order valence-corrected chi connectivity index (χ4v) is 1.77. The zero-order chi connectivity index (χ0) is 11.2. The topological polar surface area (TPSA) is 26.3 Å². The largest absolute Gasteiger partial charge is 0.327 e. The summed E-state index contributed by atoms with van der Waals surface area (Å²) in [7, 11) is -0.278. The molecule has 0 aliphatic heterocycles. The fraction of sp³-hybridized carbons (Fsp3) is 0.0769. The number of rotatable bonds is 4. The first kappa shape index (κ1) is 11.0. The molecule has 0 heterocycles. The standard InChI is InChI=1S/C13H11O2P/c14-16-15-10-11-5-4-8-13(9-11)12-6-2-1-3-7-12/h1-9H,10H2. The van der Waals surface area contributed by atoms with Crippen molar-refractivity contribution in [1.29, 1.82) is 0 Å². The molecule has 0 atom stereocenters. The molecule has 0 aromatic heterocycles. The maximum absolute atomic E-state index is 10.2. The van der Waals surface area contributed by atoms with Crippen LogP contribution in [-0.4, -0.2) is 0 Å². The summed E-state index contributed by atoms with van der Waals surface area (Å²) in [5.41, 5.74) is 3.33. The number of benzene rings is 2. The van der Waals surface area contributed by atoms with Crippen LogP contribution >= 0.6 is 8.69 Å². The normalized spacial score (nSPS) is 10.5. The van der Waals surface area contributed by atoms with E-state index in [1.54, 1.807) is 0 Å². The summed E-state index contributed by atoms with van der Waals surface area (Å²) in [6.45, 7) is 0.367. The van der Waals surface area contributed by atoms with Crippen LogP contribution < -0.4 is 0 Å².